The highest BCUT2D eigenvalue weighted by molar-refractivity contribution is 5.94. The Kier molecular flexibility index (Phi) is 4.75. The molecule has 2 atom stereocenters. The number of rotatable bonds is 5. The summed E-state index contributed by atoms with van der Waals surface area (Å²) in [7, 11) is 3.05. The summed E-state index contributed by atoms with van der Waals surface area (Å²) in [6.07, 6.45) is 2.11. The molecule has 128 valence electrons. The topological polar surface area (TPSA) is 80.3 Å². The van der Waals surface area contributed by atoms with Crippen molar-refractivity contribution < 1.29 is 18.7 Å². The van der Waals surface area contributed by atoms with Gasteiger partial charge < -0.3 is 14.4 Å². The van der Waals surface area contributed by atoms with E-state index in [1.165, 1.54) is 30.5 Å². The molecule has 1 aromatic heterocycles. The number of nitrogens with one attached hydrogen (secondary N) is 1. The molecule has 3 rings (SSSR count). The van der Waals surface area contributed by atoms with Crippen LogP contribution in [0.4, 0.5) is 4.39 Å². The fourth-order valence-corrected chi connectivity index (χ4v) is 2.91. The van der Waals surface area contributed by atoms with E-state index in [1.807, 2.05) is 0 Å². The van der Waals surface area contributed by atoms with Gasteiger partial charge in [-0.3, -0.25) is 9.89 Å². The highest BCUT2D eigenvalue weighted by Crippen LogP contribution is 2.29. The van der Waals surface area contributed by atoms with Gasteiger partial charge in [0.1, 0.15) is 12.2 Å². The monoisotopic (exact) mass is 334 g/mol. The molecule has 7 nitrogen and oxygen atoms in total. The van der Waals surface area contributed by atoms with Gasteiger partial charge in [0.05, 0.1) is 13.2 Å². The van der Waals surface area contributed by atoms with Crippen molar-refractivity contribution in [1.82, 2.24) is 20.1 Å². The van der Waals surface area contributed by atoms with E-state index in [9.17, 15) is 9.18 Å². The van der Waals surface area contributed by atoms with E-state index >= 15 is 0 Å². The van der Waals surface area contributed by atoms with Crippen molar-refractivity contribution >= 4 is 5.91 Å². The molecule has 1 N–H and O–H groups in total. The summed E-state index contributed by atoms with van der Waals surface area (Å²) in [4.78, 5) is 18.2. The molecular weight excluding hydrogens is 315 g/mol. The third-order valence-electron chi connectivity index (χ3n) is 4.19. The summed E-state index contributed by atoms with van der Waals surface area (Å²) in [5.74, 6) is 0.0969. The van der Waals surface area contributed by atoms with Crippen LogP contribution in [0.25, 0.3) is 0 Å². The number of hydrogen-bond donors (Lipinski definition) is 1. The maximum atomic E-state index is 13.8. The molecule has 1 aliphatic rings. The van der Waals surface area contributed by atoms with Crippen LogP contribution >= 0.6 is 0 Å². The van der Waals surface area contributed by atoms with E-state index in [2.05, 4.69) is 15.2 Å². The molecule has 0 unspecified atom stereocenters. The Labute approximate surface area is 138 Å². The lowest BCUT2D eigenvalue weighted by Gasteiger charge is -2.24. The number of benzene rings is 1. The first kappa shape index (κ1) is 16.4. The Morgan fingerprint density at radius 3 is 3.04 bits per heavy atom. The number of methoxy groups -OCH3 is 1. The predicted octanol–water partition coefficient (Wildman–Crippen LogP) is 1.60. The molecule has 0 aliphatic carbocycles. The van der Waals surface area contributed by atoms with Gasteiger partial charge in [-0.05, 0) is 24.6 Å². The minimum Gasteiger partial charge on any atom is -0.494 e. The second-order valence-electron chi connectivity index (χ2n) is 5.71. The van der Waals surface area contributed by atoms with Crippen molar-refractivity contribution in [1.29, 1.82) is 0 Å². The van der Waals surface area contributed by atoms with E-state index in [4.69, 9.17) is 9.47 Å². The maximum Gasteiger partial charge on any atom is 0.253 e. The van der Waals surface area contributed by atoms with Crippen LogP contribution in [0.15, 0.2) is 24.5 Å². The van der Waals surface area contributed by atoms with E-state index in [0.29, 0.717) is 13.2 Å². The van der Waals surface area contributed by atoms with Crippen LogP contribution in [0.2, 0.25) is 0 Å². The number of aromatic amines is 1. The van der Waals surface area contributed by atoms with Gasteiger partial charge in [-0.2, -0.15) is 5.10 Å². The smallest absolute Gasteiger partial charge is 0.253 e. The minimum atomic E-state index is -0.562. The third-order valence-corrected chi connectivity index (χ3v) is 4.19. The van der Waals surface area contributed by atoms with Crippen LogP contribution in [-0.4, -0.2) is 59.4 Å². The van der Waals surface area contributed by atoms with Crippen molar-refractivity contribution in [2.75, 3.05) is 27.3 Å². The number of carbonyl (C=O) groups excluding carboxylic acids is 1. The summed E-state index contributed by atoms with van der Waals surface area (Å²) in [6.45, 7) is 0.993. The Hall–Kier alpha value is -2.48. The number of ether oxygens (including phenoxy) is 2. The minimum absolute atomic E-state index is 0.0651. The first-order chi connectivity index (χ1) is 11.6. The molecule has 1 aromatic carbocycles. The highest BCUT2D eigenvalue weighted by atomic mass is 19.1. The average Bonchev–Trinajstić information content (AvgIpc) is 3.25. The Morgan fingerprint density at radius 1 is 1.54 bits per heavy atom. The number of aromatic nitrogens is 3. The average molecular weight is 334 g/mol. The van der Waals surface area contributed by atoms with Crippen LogP contribution in [0.5, 0.6) is 5.75 Å². The molecule has 0 bridgehead atoms. The fraction of sp³-hybridized carbons (Fsp3) is 0.438. The summed E-state index contributed by atoms with van der Waals surface area (Å²) in [6, 6.07) is 4.17. The lowest BCUT2D eigenvalue weighted by atomic mass is 10.0. The number of nitrogens with zero attached hydrogens (tertiary/aromatic N) is 3. The lowest BCUT2D eigenvalue weighted by molar-refractivity contribution is 0.0550. The number of amides is 1. The quantitative estimate of drug-likeness (QED) is 0.898. The van der Waals surface area contributed by atoms with E-state index in [1.54, 1.807) is 13.1 Å². The number of likely N-dealkylation sites (N-methyl/N-ethyl adjacent to an activating group) is 1. The van der Waals surface area contributed by atoms with Crippen molar-refractivity contribution in [3.63, 3.8) is 0 Å². The van der Waals surface area contributed by atoms with Gasteiger partial charge in [0.25, 0.3) is 5.91 Å². The molecule has 2 heterocycles. The molecule has 0 radical (unpaired) electrons. The summed E-state index contributed by atoms with van der Waals surface area (Å²) < 4.78 is 24.4. The third kappa shape index (κ3) is 3.23. The predicted molar refractivity (Wildman–Crippen MR) is 83.4 cm³/mol. The Bertz CT molecular complexity index is 707. The zero-order valence-corrected chi connectivity index (χ0v) is 13.5. The van der Waals surface area contributed by atoms with Crippen molar-refractivity contribution in [2.24, 2.45) is 0 Å². The van der Waals surface area contributed by atoms with Crippen LogP contribution in [0, 0.1) is 5.82 Å². The summed E-state index contributed by atoms with van der Waals surface area (Å²) in [5.41, 5.74) is 0.269. The van der Waals surface area contributed by atoms with Crippen molar-refractivity contribution in [2.45, 2.75) is 18.4 Å². The molecule has 24 heavy (non-hydrogen) atoms. The zero-order valence-electron chi connectivity index (χ0n) is 13.5. The van der Waals surface area contributed by atoms with Crippen LogP contribution in [0.1, 0.15) is 28.5 Å². The standard InChI is InChI=1S/C16H19FN4O3/c1-21(16(22)10-3-4-13(23-2)12(17)7-10)8-14-11(5-6-24-14)15-18-9-19-20-15/h3-4,7,9,11,14H,5-6,8H2,1-2H3,(H,18,19,20)/t11-,14-/m1/s1. The van der Waals surface area contributed by atoms with Crippen LogP contribution in [-0.2, 0) is 4.74 Å². The first-order valence-corrected chi connectivity index (χ1v) is 7.66. The van der Waals surface area contributed by atoms with Gasteiger partial charge in [-0.1, -0.05) is 0 Å². The van der Waals surface area contributed by atoms with Gasteiger partial charge >= 0.3 is 0 Å². The van der Waals surface area contributed by atoms with E-state index < -0.39 is 5.82 Å². The molecule has 2 aromatic rings. The van der Waals surface area contributed by atoms with Crippen molar-refractivity contribution in [3.05, 3.63) is 41.7 Å². The zero-order chi connectivity index (χ0) is 17.1. The molecule has 1 aliphatic heterocycles. The van der Waals surface area contributed by atoms with Gasteiger partial charge in [-0.25, -0.2) is 9.37 Å². The molecular formula is C16H19FN4O3. The van der Waals surface area contributed by atoms with E-state index in [-0.39, 0.29) is 29.2 Å². The van der Waals surface area contributed by atoms with Crippen molar-refractivity contribution in [3.8, 4) is 5.75 Å². The number of halogens is 1. The molecule has 1 saturated heterocycles. The fourth-order valence-electron chi connectivity index (χ4n) is 2.91. The molecule has 0 saturated carbocycles. The number of carbonyl (C=O) groups is 1. The summed E-state index contributed by atoms with van der Waals surface area (Å²) in [5, 5.41) is 6.72. The second kappa shape index (κ2) is 6.96. The first-order valence-electron chi connectivity index (χ1n) is 7.66. The van der Waals surface area contributed by atoms with Crippen LogP contribution in [0.3, 0.4) is 0 Å². The normalized spacial score (nSPS) is 20.1. The molecule has 1 fully saturated rings. The lowest BCUT2D eigenvalue weighted by Crippen LogP contribution is -2.36. The number of hydrogen-bond acceptors (Lipinski definition) is 5. The SMILES string of the molecule is COc1ccc(C(=O)N(C)C[C@H]2OCC[C@H]2c2ncn[nH]2)cc1F. The molecule has 0 spiro atoms. The van der Waals surface area contributed by atoms with Gasteiger partial charge in [-0.15, -0.1) is 0 Å². The maximum absolute atomic E-state index is 13.8. The second-order valence-corrected chi connectivity index (χ2v) is 5.71. The van der Waals surface area contributed by atoms with Crippen LogP contribution < -0.4 is 4.74 Å². The molecule has 1 amide bonds. The van der Waals surface area contributed by atoms with E-state index in [0.717, 1.165) is 12.2 Å². The summed E-state index contributed by atoms with van der Waals surface area (Å²) >= 11 is 0. The highest BCUT2D eigenvalue weighted by Gasteiger charge is 2.33. The van der Waals surface area contributed by atoms with Gasteiger partial charge in [0.2, 0.25) is 0 Å². The Morgan fingerprint density at radius 2 is 2.38 bits per heavy atom. The van der Waals surface area contributed by atoms with Gasteiger partial charge in [0, 0.05) is 31.7 Å². The number of H-pyrrole nitrogens is 1. The molecule has 8 heteroatoms. The largest absolute Gasteiger partial charge is 0.494 e. The Balaban J connectivity index is 1.69. The van der Waals surface area contributed by atoms with Gasteiger partial charge in [0.15, 0.2) is 11.6 Å².